The number of nitrogens with one attached hydrogen (secondary N) is 2. The van der Waals surface area contributed by atoms with Gasteiger partial charge >= 0.3 is 6.03 Å². The largest absolute Gasteiger partial charge is 0.331 e. The minimum atomic E-state index is -1.06. The topological polar surface area (TPSA) is 78.5 Å². The second-order valence-electron chi connectivity index (χ2n) is 5.06. The first-order valence-corrected chi connectivity index (χ1v) is 6.00. The average Bonchev–Trinajstić information content (AvgIpc) is 2.79. The number of hydrogen-bond donors (Lipinski definition) is 2. The molecule has 1 saturated heterocycles. The number of benzene rings is 1. The summed E-state index contributed by atoms with van der Waals surface area (Å²) in [5.74, 6) is -0.507. The van der Waals surface area contributed by atoms with E-state index >= 15 is 0 Å². The fourth-order valence-corrected chi connectivity index (χ4v) is 2.52. The first-order chi connectivity index (χ1) is 8.99. The molecule has 1 aromatic rings. The number of rotatable bonds is 2. The van der Waals surface area contributed by atoms with Gasteiger partial charge in [-0.1, -0.05) is 18.2 Å². The molecule has 2 aliphatic heterocycles. The first kappa shape index (κ1) is 11.7. The fraction of sp³-hybridized carbons (Fsp3) is 0.308. The lowest BCUT2D eigenvalue weighted by atomic mass is 10.0. The van der Waals surface area contributed by atoms with Gasteiger partial charge in [0.2, 0.25) is 0 Å². The molecule has 0 aliphatic carbocycles. The van der Waals surface area contributed by atoms with E-state index in [1.54, 1.807) is 17.9 Å². The fourth-order valence-electron chi connectivity index (χ4n) is 2.52. The van der Waals surface area contributed by atoms with E-state index in [2.05, 4.69) is 10.6 Å². The number of imide groups is 1. The van der Waals surface area contributed by atoms with Crippen molar-refractivity contribution in [2.75, 3.05) is 6.54 Å². The van der Waals surface area contributed by atoms with Gasteiger partial charge in [0.1, 0.15) is 5.54 Å². The molecule has 0 bridgehead atoms. The summed E-state index contributed by atoms with van der Waals surface area (Å²) in [5, 5.41) is 4.75. The lowest BCUT2D eigenvalue weighted by Gasteiger charge is -2.26. The van der Waals surface area contributed by atoms with Gasteiger partial charge in [-0.25, -0.2) is 4.79 Å². The van der Waals surface area contributed by atoms with Crippen LogP contribution in [-0.2, 0) is 11.3 Å². The standard InChI is InChI=1S/C13H13N3O3/c1-13(11(18)14-12(19)15-13)7-16-6-8-4-2-3-5-9(8)10(16)17/h2-5H,6-7H2,1H3,(H2,14,15,18,19). The minimum Gasteiger partial charge on any atom is -0.331 e. The molecule has 0 radical (unpaired) electrons. The Balaban J connectivity index is 1.82. The number of fused-ring (bicyclic) bond motifs is 1. The van der Waals surface area contributed by atoms with Crippen molar-refractivity contribution in [2.24, 2.45) is 0 Å². The van der Waals surface area contributed by atoms with Crippen molar-refractivity contribution >= 4 is 17.8 Å². The van der Waals surface area contributed by atoms with Crippen molar-refractivity contribution in [1.82, 2.24) is 15.5 Å². The van der Waals surface area contributed by atoms with Crippen LogP contribution in [0.1, 0.15) is 22.8 Å². The molecule has 0 saturated carbocycles. The Morgan fingerprint density at radius 1 is 1.26 bits per heavy atom. The summed E-state index contributed by atoms with van der Waals surface area (Å²) in [7, 11) is 0. The average molecular weight is 259 g/mol. The van der Waals surface area contributed by atoms with Crippen LogP contribution in [0.5, 0.6) is 0 Å². The lowest BCUT2D eigenvalue weighted by Crippen LogP contribution is -2.52. The molecule has 2 heterocycles. The monoisotopic (exact) mass is 259 g/mol. The Morgan fingerprint density at radius 3 is 2.63 bits per heavy atom. The molecule has 3 rings (SSSR count). The van der Waals surface area contributed by atoms with Gasteiger partial charge in [-0.2, -0.15) is 0 Å². The molecule has 0 spiro atoms. The van der Waals surface area contributed by atoms with Gasteiger partial charge < -0.3 is 10.2 Å². The van der Waals surface area contributed by atoms with Crippen LogP contribution in [0.25, 0.3) is 0 Å². The van der Waals surface area contributed by atoms with Crippen molar-refractivity contribution in [3.05, 3.63) is 35.4 Å². The second kappa shape index (κ2) is 3.81. The molecule has 0 aromatic heterocycles. The Kier molecular flexibility index (Phi) is 2.35. The van der Waals surface area contributed by atoms with Crippen LogP contribution < -0.4 is 10.6 Å². The van der Waals surface area contributed by atoms with E-state index in [1.165, 1.54) is 0 Å². The SMILES string of the molecule is CC1(CN2Cc3ccccc3C2=O)NC(=O)NC1=O. The van der Waals surface area contributed by atoms with Gasteiger partial charge in [-0.15, -0.1) is 0 Å². The molecule has 1 aromatic carbocycles. The van der Waals surface area contributed by atoms with E-state index < -0.39 is 17.5 Å². The number of hydrogen-bond acceptors (Lipinski definition) is 3. The third-order valence-corrected chi connectivity index (χ3v) is 3.52. The Bertz CT molecular complexity index is 599. The van der Waals surface area contributed by atoms with Crippen LogP contribution in [0.3, 0.4) is 0 Å². The number of carbonyl (C=O) groups is 3. The summed E-state index contributed by atoms with van der Waals surface area (Å²) in [5.41, 5.74) is 0.547. The number of amides is 4. The zero-order valence-corrected chi connectivity index (χ0v) is 10.4. The van der Waals surface area contributed by atoms with Gasteiger partial charge in [0.15, 0.2) is 0 Å². The van der Waals surface area contributed by atoms with E-state index in [9.17, 15) is 14.4 Å². The minimum absolute atomic E-state index is 0.106. The van der Waals surface area contributed by atoms with E-state index in [0.29, 0.717) is 12.1 Å². The third kappa shape index (κ3) is 1.76. The van der Waals surface area contributed by atoms with Crippen LogP contribution in [-0.4, -0.2) is 34.8 Å². The number of nitrogens with zero attached hydrogens (tertiary/aromatic N) is 1. The highest BCUT2D eigenvalue weighted by molar-refractivity contribution is 6.07. The van der Waals surface area contributed by atoms with Crippen molar-refractivity contribution in [1.29, 1.82) is 0 Å². The van der Waals surface area contributed by atoms with Crippen LogP contribution >= 0.6 is 0 Å². The molecule has 6 nitrogen and oxygen atoms in total. The summed E-state index contributed by atoms with van der Waals surface area (Å²) < 4.78 is 0. The van der Waals surface area contributed by atoms with Crippen LogP contribution in [0.15, 0.2) is 24.3 Å². The summed E-state index contributed by atoms with van der Waals surface area (Å²) in [4.78, 5) is 36.7. The molecule has 4 amide bonds. The van der Waals surface area contributed by atoms with Crippen molar-refractivity contribution < 1.29 is 14.4 Å². The van der Waals surface area contributed by atoms with Gasteiger partial charge in [0, 0.05) is 12.1 Å². The van der Waals surface area contributed by atoms with Crippen molar-refractivity contribution in [2.45, 2.75) is 19.0 Å². The normalized spacial score (nSPS) is 25.3. The van der Waals surface area contributed by atoms with Crippen molar-refractivity contribution in [3.63, 3.8) is 0 Å². The highest BCUT2D eigenvalue weighted by atomic mass is 16.2. The summed E-state index contributed by atoms with van der Waals surface area (Å²) >= 11 is 0. The second-order valence-corrected chi connectivity index (χ2v) is 5.06. The van der Waals surface area contributed by atoms with E-state index in [-0.39, 0.29) is 12.5 Å². The number of carbonyl (C=O) groups excluding carboxylic acids is 3. The lowest BCUT2D eigenvalue weighted by molar-refractivity contribution is -0.123. The summed E-state index contributed by atoms with van der Waals surface area (Å²) in [6.45, 7) is 2.25. The maximum Gasteiger partial charge on any atom is 0.322 e. The Hall–Kier alpha value is -2.37. The summed E-state index contributed by atoms with van der Waals surface area (Å²) in [6, 6.07) is 6.83. The molecular weight excluding hydrogens is 246 g/mol. The maximum absolute atomic E-state index is 12.2. The van der Waals surface area contributed by atoms with E-state index in [0.717, 1.165) is 5.56 Å². The molecule has 1 atom stereocenters. The molecule has 6 heteroatoms. The summed E-state index contributed by atoms with van der Waals surface area (Å²) in [6.07, 6.45) is 0. The van der Waals surface area contributed by atoms with E-state index in [1.807, 2.05) is 18.2 Å². The quantitative estimate of drug-likeness (QED) is 0.747. The zero-order chi connectivity index (χ0) is 13.6. The molecule has 1 unspecified atom stereocenters. The smallest absolute Gasteiger partial charge is 0.322 e. The highest BCUT2D eigenvalue weighted by Gasteiger charge is 2.45. The molecule has 2 N–H and O–H groups in total. The molecule has 98 valence electrons. The van der Waals surface area contributed by atoms with E-state index in [4.69, 9.17) is 0 Å². The predicted molar refractivity (Wildman–Crippen MR) is 66.3 cm³/mol. The van der Waals surface area contributed by atoms with Gasteiger partial charge in [0.05, 0.1) is 6.54 Å². The van der Waals surface area contributed by atoms with Gasteiger partial charge in [0.25, 0.3) is 11.8 Å². The van der Waals surface area contributed by atoms with Crippen LogP contribution in [0.4, 0.5) is 4.79 Å². The zero-order valence-electron chi connectivity index (χ0n) is 10.4. The first-order valence-electron chi connectivity index (χ1n) is 6.00. The predicted octanol–water partition coefficient (Wildman–Crippen LogP) is 0.241. The molecule has 2 aliphatic rings. The third-order valence-electron chi connectivity index (χ3n) is 3.52. The molecule has 19 heavy (non-hydrogen) atoms. The van der Waals surface area contributed by atoms with Crippen molar-refractivity contribution in [3.8, 4) is 0 Å². The number of urea groups is 1. The van der Waals surface area contributed by atoms with Crippen LogP contribution in [0.2, 0.25) is 0 Å². The van der Waals surface area contributed by atoms with Gasteiger partial charge in [-0.3, -0.25) is 14.9 Å². The van der Waals surface area contributed by atoms with Crippen LogP contribution in [0, 0.1) is 0 Å². The highest BCUT2D eigenvalue weighted by Crippen LogP contribution is 2.24. The Morgan fingerprint density at radius 2 is 2.00 bits per heavy atom. The Labute approximate surface area is 109 Å². The maximum atomic E-state index is 12.2. The van der Waals surface area contributed by atoms with Gasteiger partial charge in [-0.05, 0) is 18.6 Å². The molecular formula is C13H13N3O3. The molecule has 1 fully saturated rings.